The van der Waals surface area contributed by atoms with Crippen molar-refractivity contribution in [2.45, 2.75) is 38.3 Å². The lowest BCUT2D eigenvalue weighted by molar-refractivity contribution is 0.00633. The molecule has 3 heterocycles. The molecule has 3 aromatic rings. The smallest absolute Gasteiger partial charge is 0.124 e. The van der Waals surface area contributed by atoms with Gasteiger partial charge in [0.1, 0.15) is 11.3 Å². The van der Waals surface area contributed by atoms with Gasteiger partial charge >= 0.3 is 0 Å². The summed E-state index contributed by atoms with van der Waals surface area (Å²) in [4.78, 5) is 9.16. The summed E-state index contributed by atoms with van der Waals surface area (Å²) < 4.78 is 7.91. The molecule has 1 aliphatic heterocycles. The molecule has 0 aliphatic carbocycles. The van der Waals surface area contributed by atoms with Gasteiger partial charge in [-0.2, -0.15) is 5.26 Å². The molecule has 0 radical (unpaired) electrons. The van der Waals surface area contributed by atoms with Crippen molar-refractivity contribution >= 4 is 33.5 Å². The van der Waals surface area contributed by atoms with E-state index < -0.39 is 0 Å². The van der Waals surface area contributed by atoms with Crippen LogP contribution in [0.3, 0.4) is 0 Å². The zero-order chi connectivity index (χ0) is 16.7. The second kappa shape index (κ2) is 6.04. The zero-order valence-electron chi connectivity index (χ0n) is 13.4. The van der Waals surface area contributed by atoms with Crippen molar-refractivity contribution in [1.82, 2.24) is 14.5 Å². The summed E-state index contributed by atoms with van der Waals surface area (Å²) in [5.41, 5.74) is 2.72. The number of rotatable bonds is 2. The summed E-state index contributed by atoms with van der Waals surface area (Å²) in [6.07, 6.45) is 4.09. The standard InChI is InChI=1S/C18H17ClN4O/c1-11-8-13(5-7-24-11)23-17(4-6-20)22-16-10-21-15-3-2-12(19)9-14(15)18(16)23/h2-3,9-11,13H,4-5,7-8H2,1H3/t11-,13-/m1/s1. The van der Waals surface area contributed by atoms with Crippen LogP contribution in [0.15, 0.2) is 24.4 Å². The molecule has 1 aromatic carbocycles. The quantitative estimate of drug-likeness (QED) is 0.706. The summed E-state index contributed by atoms with van der Waals surface area (Å²) in [5, 5.41) is 10.9. The minimum absolute atomic E-state index is 0.202. The van der Waals surface area contributed by atoms with Gasteiger partial charge in [0.25, 0.3) is 0 Å². The third-order valence-electron chi connectivity index (χ3n) is 4.61. The van der Waals surface area contributed by atoms with Crippen LogP contribution >= 0.6 is 11.6 Å². The lowest BCUT2D eigenvalue weighted by Crippen LogP contribution is -2.26. The third-order valence-corrected chi connectivity index (χ3v) is 4.85. The van der Waals surface area contributed by atoms with E-state index in [1.165, 1.54) is 0 Å². The highest BCUT2D eigenvalue weighted by atomic mass is 35.5. The van der Waals surface area contributed by atoms with Gasteiger partial charge in [0.15, 0.2) is 0 Å². The summed E-state index contributed by atoms with van der Waals surface area (Å²) in [7, 11) is 0. The van der Waals surface area contributed by atoms with E-state index in [0.29, 0.717) is 5.02 Å². The Morgan fingerprint density at radius 2 is 2.29 bits per heavy atom. The van der Waals surface area contributed by atoms with Gasteiger partial charge in [0.05, 0.1) is 35.8 Å². The minimum Gasteiger partial charge on any atom is -0.378 e. The lowest BCUT2D eigenvalue weighted by atomic mass is 10.0. The Labute approximate surface area is 144 Å². The highest BCUT2D eigenvalue weighted by Crippen LogP contribution is 2.34. The van der Waals surface area contributed by atoms with E-state index in [2.05, 4.69) is 27.5 Å². The molecule has 1 saturated heterocycles. The molecule has 0 saturated carbocycles. The van der Waals surface area contributed by atoms with Crippen molar-refractivity contribution in [1.29, 1.82) is 5.26 Å². The summed E-state index contributed by atoms with van der Waals surface area (Å²) in [5.74, 6) is 0.792. The van der Waals surface area contributed by atoms with E-state index in [9.17, 15) is 5.26 Å². The van der Waals surface area contributed by atoms with Crippen LogP contribution in [0.4, 0.5) is 0 Å². The van der Waals surface area contributed by atoms with Crippen molar-refractivity contribution in [3.8, 4) is 6.07 Å². The molecule has 0 amide bonds. The zero-order valence-corrected chi connectivity index (χ0v) is 14.1. The number of fused-ring (bicyclic) bond motifs is 3. The Morgan fingerprint density at radius 3 is 3.08 bits per heavy atom. The predicted octanol–water partition coefficient (Wildman–Crippen LogP) is 4.04. The van der Waals surface area contributed by atoms with E-state index in [-0.39, 0.29) is 18.6 Å². The maximum Gasteiger partial charge on any atom is 0.124 e. The molecule has 5 nitrogen and oxygen atoms in total. The number of aromatic nitrogens is 3. The molecule has 2 atom stereocenters. The Morgan fingerprint density at radius 1 is 1.42 bits per heavy atom. The monoisotopic (exact) mass is 340 g/mol. The topological polar surface area (TPSA) is 63.7 Å². The number of ether oxygens (including phenoxy) is 1. The van der Waals surface area contributed by atoms with Gasteiger partial charge in [-0.25, -0.2) is 4.98 Å². The number of hydrogen-bond acceptors (Lipinski definition) is 4. The lowest BCUT2D eigenvalue weighted by Gasteiger charge is -2.30. The van der Waals surface area contributed by atoms with E-state index in [1.54, 1.807) is 6.20 Å². The first-order chi connectivity index (χ1) is 11.7. The number of halogens is 1. The molecule has 6 heteroatoms. The number of benzene rings is 1. The van der Waals surface area contributed by atoms with Gasteiger partial charge in [0.2, 0.25) is 0 Å². The highest BCUT2D eigenvalue weighted by molar-refractivity contribution is 6.31. The Bertz CT molecular complexity index is 959. The van der Waals surface area contributed by atoms with Crippen LogP contribution in [-0.4, -0.2) is 27.2 Å². The van der Waals surface area contributed by atoms with Gasteiger partial charge in [-0.3, -0.25) is 4.98 Å². The Hall–Kier alpha value is -2.16. The molecule has 1 fully saturated rings. The first kappa shape index (κ1) is 15.4. The molecule has 122 valence electrons. The molecule has 0 unspecified atom stereocenters. The van der Waals surface area contributed by atoms with Crippen molar-refractivity contribution in [2.24, 2.45) is 0 Å². The molecule has 24 heavy (non-hydrogen) atoms. The fourth-order valence-corrected chi connectivity index (χ4v) is 3.77. The van der Waals surface area contributed by atoms with Crippen LogP contribution in [0.2, 0.25) is 5.02 Å². The SMILES string of the molecule is C[C@@H]1C[C@H](n2c(CC#N)nc3cnc4ccc(Cl)cc4c32)CCO1. The van der Waals surface area contributed by atoms with Crippen LogP contribution in [-0.2, 0) is 11.2 Å². The molecule has 2 aromatic heterocycles. The van der Waals surface area contributed by atoms with Crippen LogP contribution in [0, 0.1) is 11.3 Å². The predicted molar refractivity (Wildman–Crippen MR) is 93.0 cm³/mol. The Balaban J connectivity index is 2.02. The summed E-state index contributed by atoms with van der Waals surface area (Å²) in [6.45, 7) is 2.81. The van der Waals surface area contributed by atoms with E-state index in [1.807, 2.05) is 18.2 Å². The minimum atomic E-state index is 0.202. The second-order valence-electron chi connectivity index (χ2n) is 6.25. The first-order valence-corrected chi connectivity index (χ1v) is 8.49. The van der Waals surface area contributed by atoms with E-state index in [0.717, 1.165) is 47.2 Å². The first-order valence-electron chi connectivity index (χ1n) is 8.11. The van der Waals surface area contributed by atoms with Crippen molar-refractivity contribution in [2.75, 3.05) is 6.61 Å². The number of nitriles is 1. The van der Waals surface area contributed by atoms with Crippen molar-refractivity contribution in [3.05, 3.63) is 35.2 Å². The maximum absolute atomic E-state index is 9.21. The molecule has 1 aliphatic rings. The Kier molecular flexibility index (Phi) is 3.87. The molecular formula is C18H17ClN4O. The van der Waals surface area contributed by atoms with Gasteiger partial charge in [-0.15, -0.1) is 0 Å². The average Bonchev–Trinajstić information content (AvgIpc) is 2.93. The fraction of sp³-hybridized carbons (Fsp3) is 0.389. The fourth-order valence-electron chi connectivity index (χ4n) is 3.59. The number of imidazole rings is 1. The van der Waals surface area contributed by atoms with Crippen molar-refractivity contribution in [3.63, 3.8) is 0 Å². The average molecular weight is 341 g/mol. The van der Waals surface area contributed by atoms with E-state index in [4.69, 9.17) is 16.3 Å². The number of pyridine rings is 1. The summed E-state index contributed by atoms with van der Waals surface area (Å²) >= 11 is 6.22. The van der Waals surface area contributed by atoms with Crippen molar-refractivity contribution < 1.29 is 4.74 Å². The third kappa shape index (κ3) is 2.52. The number of hydrogen-bond donors (Lipinski definition) is 0. The van der Waals surface area contributed by atoms with Crippen LogP contribution in [0.1, 0.15) is 31.6 Å². The van der Waals surface area contributed by atoms with Crippen LogP contribution in [0.25, 0.3) is 21.9 Å². The highest BCUT2D eigenvalue weighted by Gasteiger charge is 2.26. The van der Waals surface area contributed by atoms with Gasteiger partial charge in [0, 0.05) is 23.1 Å². The maximum atomic E-state index is 9.21. The molecule has 4 rings (SSSR count). The van der Waals surface area contributed by atoms with Gasteiger partial charge < -0.3 is 9.30 Å². The molecule has 0 bridgehead atoms. The van der Waals surface area contributed by atoms with Gasteiger partial charge in [-0.1, -0.05) is 11.6 Å². The largest absolute Gasteiger partial charge is 0.378 e. The molecule has 0 N–H and O–H groups in total. The van der Waals surface area contributed by atoms with Crippen LogP contribution in [0.5, 0.6) is 0 Å². The second-order valence-corrected chi connectivity index (χ2v) is 6.68. The summed E-state index contributed by atoms with van der Waals surface area (Å²) in [6, 6.07) is 8.20. The normalized spacial score (nSPS) is 21.2. The number of nitrogens with zero attached hydrogens (tertiary/aromatic N) is 4. The molecule has 0 spiro atoms. The van der Waals surface area contributed by atoms with Crippen LogP contribution < -0.4 is 0 Å². The van der Waals surface area contributed by atoms with E-state index >= 15 is 0 Å². The van der Waals surface area contributed by atoms with Gasteiger partial charge in [-0.05, 0) is 38.0 Å². The molecular weight excluding hydrogens is 324 g/mol.